The van der Waals surface area contributed by atoms with Crippen molar-refractivity contribution < 1.29 is 13.2 Å². The summed E-state index contributed by atoms with van der Waals surface area (Å²) in [6, 6.07) is 7.07. The highest BCUT2D eigenvalue weighted by molar-refractivity contribution is 7.89. The number of piperidine rings is 1. The minimum absolute atomic E-state index is 0.183. The van der Waals surface area contributed by atoms with Crippen molar-refractivity contribution in [2.24, 2.45) is 0 Å². The molecule has 6 nitrogen and oxygen atoms in total. The van der Waals surface area contributed by atoms with Crippen molar-refractivity contribution in [3.63, 3.8) is 0 Å². The van der Waals surface area contributed by atoms with Gasteiger partial charge in [-0.25, -0.2) is 8.42 Å². The van der Waals surface area contributed by atoms with Gasteiger partial charge in [-0.1, -0.05) is 25.5 Å². The summed E-state index contributed by atoms with van der Waals surface area (Å²) in [5.41, 5.74) is 1.16. The lowest BCUT2D eigenvalue weighted by Crippen LogP contribution is -2.55. The summed E-state index contributed by atoms with van der Waals surface area (Å²) in [5, 5.41) is 0. The number of nitrogens with zero attached hydrogens (tertiary/aromatic N) is 3. The van der Waals surface area contributed by atoms with Crippen LogP contribution in [-0.2, 0) is 21.2 Å². The van der Waals surface area contributed by atoms with Gasteiger partial charge in [-0.05, 0) is 50.3 Å². The number of benzene rings is 1. The summed E-state index contributed by atoms with van der Waals surface area (Å²) in [6.45, 7) is 7.81. The molecule has 1 amide bonds. The van der Waals surface area contributed by atoms with Crippen LogP contribution in [0.25, 0.3) is 0 Å². The second kappa shape index (κ2) is 9.37. The van der Waals surface area contributed by atoms with Crippen LogP contribution in [0.15, 0.2) is 29.2 Å². The Kier molecular flexibility index (Phi) is 7.12. The maximum Gasteiger partial charge on any atom is 0.243 e. The fraction of sp³-hybridized carbons (Fsp3) is 0.667. The molecule has 0 spiro atoms. The Morgan fingerprint density at radius 3 is 2.14 bits per heavy atom. The van der Waals surface area contributed by atoms with Gasteiger partial charge in [-0.3, -0.25) is 9.69 Å². The molecule has 1 aromatic rings. The Morgan fingerprint density at radius 1 is 0.964 bits per heavy atom. The van der Waals surface area contributed by atoms with E-state index in [1.54, 1.807) is 16.4 Å². The fourth-order valence-corrected chi connectivity index (χ4v) is 5.55. The molecule has 156 valence electrons. The van der Waals surface area contributed by atoms with Gasteiger partial charge in [0, 0.05) is 39.3 Å². The van der Waals surface area contributed by atoms with E-state index in [9.17, 15) is 13.2 Å². The van der Waals surface area contributed by atoms with Crippen molar-refractivity contribution in [2.45, 2.75) is 56.9 Å². The smallest absolute Gasteiger partial charge is 0.243 e. The Bertz CT molecular complexity index is 750. The number of sulfonamides is 1. The first-order valence-electron chi connectivity index (χ1n) is 10.6. The zero-order valence-electron chi connectivity index (χ0n) is 17.1. The molecular formula is C21H33N3O3S. The fourth-order valence-electron chi connectivity index (χ4n) is 4.13. The lowest BCUT2D eigenvalue weighted by atomic mass is 10.1. The maximum absolute atomic E-state index is 12.9. The van der Waals surface area contributed by atoms with Gasteiger partial charge < -0.3 is 4.90 Å². The second-order valence-electron chi connectivity index (χ2n) is 7.90. The largest absolute Gasteiger partial charge is 0.341 e. The molecule has 0 aliphatic carbocycles. The SMILES string of the molecule is CCCc1ccc(S(=O)(=O)N2CCN(C(C)C(=O)N3CCCCC3)CC2)cc1. The normalized spacial score (nSPS) is 20.9. The van der Waals surface area contributed by atoms with Gasteiger partial charge >= 0.3 is 0 Å². The summed E-state index contributed by atoms with van der Waals surface area (Å²) >= 11 is 0. The van der Waals surface area contributed by atoms with E-state index in [0.717, 1.165) is 44.3 Å². The topological polar surface area (TPSA) is 60.9 Å². The minimum atomic E-state index is -3.47. The summed E-state index contributed by atoms with van der Waals surface area (Å²) in [5.74, 6) is 0.183. The highest BCUT2D eigenvalue weighted by atomic mass is 32.2. The molecule has 3 rings (SSSR count). The Labute approximate surface area is 169 Å². The first-order valence-corrected chi connectivity index (χ1v) is 12.0. The van der Waals surface area contributed by atoms with Crippen LogP contribution < -0.4 is 0 Å². The van der Waals surface area contributed by atoms with Crippen LogP contribution in [0.5, 0.6) is 0 Å². The van der Waals surface area contributed by atoms with E-state index in [4.69, 9.17) is 0 Å². The molecule has 1 atom stereocenters. The minimum Gasteiger partial charge on any atom is -0.341 e. The van der Waals surface area contributed by atoms with Crippen molar-refractivity contribution >= 4 is 15.9 Å². The average Bonchev–Trinajstić information content (AvgIpc) is 2.74. The predicted molar refractivity (Wildman–Crippen MR) is 111 cm³/mol. The zero-order chi connectivity index (χ0) is 20.1. The van der Waals surface area contributed by atoms with Crippen LogP contribution in [0, 0.1) is 0 Å². The number of carbonyl (C=O) groups is 1. The highest BCUT2D eigenvalue weighted by Crippen LogP contribution is 2.20. The number of likely N-dealkylation sites (tertiary alicyclic amines) is 1. The number of piperazine rings is 1. The van der Waals surface area contributed by atoms with Gasteiger partial charge in [0.15, 0.2) is 0 Å². The van der Waals surface area contributed by atoms with Gasteiger partial charge in [-0.15, -0.1) is 0 Å². The number of carbonyl (C=O) groups excluding carboxylic acids is 1. The molecule has 0 radical (unpaired) electrons. The molecule has 28 heavy (non-hydrogen) atoms. The molecule has 2 saturated heterocycles. The van der Waals surface area contributed by atoms with Gasteiger partial charge in [0.05, 0.1) is 10.9 Å². The van der Waals surface area contributed by atoms with Crippen LogP contribution >= 0.6 is 0 Å². The quantitative estimate of drug-likeness (QED) is 0.726. The van der Waals surface area contributed by atoms with Gasteiger partial charge in [-0.2, -0.15) is 4.31 Å². The van der Waals surface area contributed by atoms with Crippen molar-refractivity contribution in [1.82, 2.24) is 14.1 Å². The third-order valence-corrected chi connectivity index (χ3v) is 7.86. The molecule has 0 saturated carbocycles. The third kappa shape index (κ3) is 4.75. The molecular weight excluding hydrogens is 374 g/mol. The lowest BCUT2D eigenvalue weighted by Gasteiger charge is -2.39. The molecule has 7 heteroatoms. The molecule has 2 heterocycles. The monoisotopic (exact) mass is 407 g/mol. The van der Waals surface area contributed by atoms with Crippen LogP contribution in [0.3, 0.4) is 0 Å². The second-order valence-corrected chi connectivity index (χ2v) is 9.83. The molecule has 0 aromatic heterocycles. The maximum atomic E-state index is 12.9. The molecule has 0 bridgehead atoms. The molecule has 2 fully saturated rings. The number of amides is 1. The van der Waals surface area contributed by atoms with Crippen LogP contribution in [-0.4, -0.2) is 73.7 Å². The van der Waals surface area contributed by atoms with Crippen molar-refractivity contribution in [3.05, 3.63) is 29.8 Å². The average molecular weight is 408 g/mol. The zero-order valence-corrected chi connectivity index (χ0v) is 18.0. The highest BCUT2D eigenvalue weighted by Gasteiger charge is 2.33. The summed E-state index contributed by atoms with van der Waals surface area (Å²) < 4.78 is 27.4. The van der Waals surface area contributed by atoms with Crippen molar-refractivity contribution in [3.8, 4) is 0 Å². The predicted octanol–water partition coefficient (Wildman–Crippen LogP) is 2.35. The molecule has 2 aliphatic rings. The number of hydrogen-bond acceptors (Lipinski definition) is 4. The first kappa shape index (κ1) is 21.3. The van der Waals surface area contributed by atoms with E-state index in [1.807, 2.05) is 24.0 Å². The van der Waals surface area contributed by atoms with E-state index in [0.29, 0.717) is 31.1 Å². The Hall–Kier alpha value is -1.44. The van der Waals surface area contributed by atoms with Crippen molar-refractivity contribution in [1.29, 1.82) is 0 Å². The van der Waals surface area contributed by atoms with E-state index >= 15 is 0 Å². The first-order chi connectivity index (χ1) is 13.4. The van der Waals surface area contributed by atoms with E-state index < -0.39 is 10.0 Å². The van der Waals surface area contributed by atoms with Gasteiger partial charge in [0.25, 0.3) is 0 Å². The molecule has 0 N–H and O–H groups in total. The van der Waals surface area contributed by atoms with E-state index in [-0.39, 0.29) is 11.9 Å². The molecule has 2 aliphatic heterocycles. The summed E-state index contributed by atoms with van der Waals surface area (Å²) in [6.07, 6.45) is 5.38. The molecule has 1 unspecified atom stereocenters. The summed E-state index contributed by atoms with van der Waals surface area (Å²) in [4.78, 5) is 17.2. The van der Waals surface area contributed by atoms with Gasteiger partial charge in [0.1, 0.15) is 0 Å². The van der Waals surface area contributed by atoms with Gasteiger partial charge in [0.2, 0.25) is 15.9 Å². The Balaban J connectivity index is 1.58. The van der Waals surface area contributed by atoms with Crippen molar-refractivity contribution in [2.75, 3.05) is 39.3 Å². The number of aryl methyl sites for hydroxylation is 1. The van der Waals surface area contributed by atoms with E-state index in [1.165, 1.54) is 6.42 Å². The number of hydrogen-bond donors (Lipinski definition) is 0. The van der Waals surface area contributed by atoms with Crippen LogP contribution in [0.1, 0.15) is 45.1 Å². The standard InChI is InChI=1S/C21H33N3O3S/c1-3-7-19-8-10-20(11-9-19)28(26,27)24-16-14-22(15-17-24)18(2)21(25)23-12-5-4-6-13-23/h8-11,18H,3-7,12-17H2,1-2H3. The lowest BCUT2D eigenvalue weighted by molar-refractivity contribution is -0.137. The number of rotatable bonds is 6. The van der Waals surface area contributed by atoms with Crippen LogP contribution in [0.4, 0.5) is 0 Å². The molecule has 1 aromatic carbocycles. The third-order valence-electron chi connectivity index (χ3n) is 5.95. The Morgan fingerprint density at radius 2 is 1.57 bits per heavy atom. The van der Waals surface area contributed by atoms with E-state index in [2.05, 4.69) is 11.8 Å². The summed E-state index contributed by atoms with van der Waals surface area (Å²) in [7, 11) is -3.47. The van der Waals surface area contributed by atoms with Crippen LogP contribution in [0.2, 0.25) is 0 Å².